The van der Waals surface area contributed by atoms with Crippen molar-refractivity contribution >= 4 is 45.8 Å². The molecule has 1 fully saturated rings. The van der Waals surface area contributed by atoms with Crippen LogP contribution in [0.4, 0.5) is 10.6 Å². The number of pyridine rings is 1. The van der Waals surface area contributed by atoms with E-state index in [1.165, 1.54) is 0 Å². The zero-order valence-electron chi connectivity index (χ0n) is 16.2. The van der Waals surface area contributed by atoms with Crippen molar-refractivity contribution in [1.82, 2.24) is 15.3 Å². The zero-order chi connectivity index (χ0) is 20.2. The second-order valence-electron chi connectivity index (χ2n) is 7.04. The van der Waals surface area contributed by atoms with E-state index >= 15 is 0 Å². The Morgan fingerprint density at radius 3 is 2.93 bits per heavy atom. The van der Waals surface area contributed by atoms with Crippen molar-refractivity contribution in [3.8, 4) is 0 Å². The Bertz CT molecular complexity index is 1000. The molecule has 1 aliphatic heterocycles. The highest BCUT2D eigenvalue weighted by Crippen LogP contribution is 2.33. The monoisotopic (exact) mass is 430 g/mol. The molecule has 0 spiro atoms. The quantitative estimate of drug-likeness (QED) is 0.618. The van der Waals surface area contributed by atoms with Gasteiger partial charge in [-0.05, 0) is 50.1 Å². The predicted octanol–water partition coefficient (Wildman–Crippen LogP) is 4.97. The largest absolute Gasteiger partial charge is 0.444 e. The number of carbonyl (C=O) groups is 1. The van der Waals surface area contributed by atoms with Crippen molar-refractivity contribution in [2.75, 3.05) is 24.5 Å². The van der Waals surface area contributed by atoms with Gasteiger partial charge in [0.1, 0.15) is 12.4 Å². The minimum atomic E-state index is -0.388. The van der Waals surface area contributed by atoms with E-state index in [1.807, 2.05) is 31.3 Å². The van der Waals surface area contributed by atoms with Crippen LogP contribution in [0.1, 0.15) is 35.6 Å². The minimum absolute atomic E-state index is 0.271. The lowest BCUT2D eigenvalue weighted by atomic mass is 9.97. The number of piperidine rings is 1. The number of hydrogen-bond donors (Lipinski definition) is 1. The number of nitrogens with one attached hydrogen (secondary N) is 1. The smallest absolute Gasteiger partial charge is 0.407 e. The van der Waals surface area contributed by atoms with Crippen molar-refractivity contribution in [2.45, 2.75) is 32.3 Å². The van der Waals surface area contributed by atoms with Gasteiger partial charge in [-0.2, -0.15) is 0 Å². The van der Waals surface area contributed by atoms with Gasteiger partial charge < -0.3 is 15.0 Å². The summed E-state index contributed by atoms with van der Waals surface area (Å²) in [6, 6.07) is 9.93. The fraction of sp³-hybridized carbons (Fsp3) is 0.381. The van der Waals surface area contributed by atoms with Crippen molar-refractivity contribution < 1.29 is 9.53 Å². The molecular weight excluding hydrogens is 408 g/mol. The van der Waals surface area contributed by atoms with E-state index in [-0.39, 0.29) is 12.7 Å². The normalized spacial score (nSPS) is 14.9. The highest BCUT2D eigenvalue weighted by atomic mass is 35.5. The Kier molecular flexibility index (Phi) is 6.16. The molecule has 1 aromatic carbocycles. The number of halogens is 1. The molecule has 8 heteroatoms. The van der Waals surface area contributed by atoms with Gasteiger partial charge in [-0.15, -0.1) is 11.3 Å². The van der Waals surface area contributed by atoms with Crippen LogP contribution < -0.4 is 10.2 Å². The van der Waals surface area contributed by atoms with Gasteiger partial charge in [0.2, 0.25) is 0 Å². The van der Waals surface area contributed by atoms with Gasteiger partial charge >= 0.3 is 6.09 Å². The summed E-state index contributed by atoms with van der Waals surface area (Å²) in [6.07, 6.45) is 3.50. The Morgan fingerprint density at radius 1 is 1.31 bits per heavy atom. The topological polar surface area (TPSA) is 67.3 Å². The number of aromatic nitrogens is 2. The summed E-state index contributed by atoms with van der Waals surface area (Å²) in [5.74, 6) is 1.45. The van der Waals surface area contributed by atoms with Crippen LogP contribution in [0, 0.1) is 0 Å². The molecule has 1 N–H and O–H groups in total. The molecule has 0 unspecified atom stereocenters. The first-order chi connectivity index (χ1) is 14.1. The number of rotatable bonds is 5. The average Bonchev–Trinajstić information content (AvgIpc) is 3.21. The Balaban J connectivity index is 1.35. The molecule has 3 aromatic rings. The number of amides is 1. The Hall–Kier alpha value is -2.38. The van der Waals surface area contributed by atoms with Crippen molar-refractivity contribution in [3.05, 3.63) is 51.4 Å². The summed E-state index contributed by atoms with van der Waals surface area (Å²) in [5.41, 5.74) is 0.964. The van der Waals surface area contributed by atoms with Crippen LogP contribution in [0.3, 0.4) is 0 Å². The van der Waals surface area contributed by atoms with Crippen molar-refractivity contribution in [2.24, 2.45) is 0 Å². The maximum Gasteiger partial charge on any atom is 0.407 e. The SMILES string of the molecule is CCNC(=O)OCc1cnc(C2CCN(c3ccc4cc(Cl)ccc4n3)CC2)s1. The van der Waals surface area contributed by atoms with E-state index in [1.54, 1.807) is 11.3 Å². The van der Waals surface area contributed by atoms with Gasteiger partial charge in [0.15, 0.2) is 0 Å². The van der Waals surface area contributed by atoms with Gasteiger partial charge in [0.05, 0.1) is 15.4 Å². The summed E-state index contributed by atoms with van der Waals surface area (Å²) in [6.45, 7) is 4.59. The van der Waals surface area contributed by atoms with E-state index in [4.69, 9.17) is 21.3 Å². The molecule has 29 heavy (non-hydrogen) atoms. The van der Waals surface area contributed by atoms with Crippen LogP contribution in [-0.2, 0) is 11.3 Å². The lowest BCUT2D eigenvalue weighted by molar-refractivity contribution is 0.141. The van der Waals surface area contributed by atoms with Crippen molar-refractivity contribution in [3.63, 3.8) is 0 Å². The van der Waals surface area contributed by atoms with Gasteiger partial charge in [-0.1, -0.05) is 11.6 Å². The molecule has 152 valence electrons. The first-order valence-electron chi connectivity index (χ1n) is 9.79. The highest BCUT2D eigenvalue weighted by molar-refractivity contribution is 7.11. The fourth-order valence-corrected chi connectivity index (χ4v) is 4.71. The van der Waals surface area contributed by atoms with Crippen molar-refractivity contribution in [1.29, 1.82) is 0 Å². The molecular formula is C21H23ClN4O2S. The van der Waals surface area contributed by atoms with Crippen LogP contribution in [0.15, 0.2) is 36.5 Å². The second kappa shape index (κ2) is 8.97. The molecule has 0 atom stereocenters. The van der Waals surface area contributed by atoms with Gasteiger partial charge in [-0.3, -0.25) is 0 Å². The van der Waals surface area contributed by atoms with E-state index in [9.17, 15) is 4.79 Å². The highest BCUT2D eigenvalue weighted by Gasteiger charge is 2.24. The first kappa shape index (κ1) is 19.9. The average molecular weight is 431 g/mol. The van der Waals surface area contributed by atoms with Gasteiger partial charge in [0.25, 0.3) is 0 Å². The summed E-state index contributed by atoms with van der Waals surface area (Å²) >= 11 is 7.70. The Labute approximate surface area is 178 Å². The lowest BCUT2D eigenvalue weighted by Gasteiger charge is -2.32. The standard InChI is InChI=1S/C21H23ClN4O2S/c1-2-23-21(27)28-13-17-12-24-20(29-17)14-7-9-26(10-8-14)19-6-3-15-11-16(22)4-5-18(15)25-19/h3-6,11-12,14H,2,7-10,13H2,1H3,(H,23,27). The maximum absolute atomic E-state index is 11.4. The fourth-order valence-electron chi connectivity index (χ4n) is 3.53. The first-order valence-corrected chi connectivity index (χ1v) is 11.0. The Morgan fingerprint density at radius 2 is 2.14 bits per heavy atom. The molecule has 1 saturated heterocycles. The molecule has 0 aliphatic carbocycles. The number of benzene rings is 1. The number of nitrogens with zero attached hydrogens (tertiary/aromatic N) is 3. The van der Waals surface area contributed by atoms with Crippen LogP contribution in [-0.4, -0.2) is 35.7 Å². The number of carbonyl (C=O) groups excluding carboxylic acids is 1. The summed E-state index contributed by atoms with van der Waals surface area (Å²) in [7, 11) is 0. The molecule has 0 saturated carbocycles. The summed E-state index contributed by atoms with van der Waals surface area (Å²) < 4.78 is 5.18. The molecule has 0 bridgehead atoms. The number of alkyl carbamates (subject to hydrolysis) is 1. The molecule has 1 aliphatic rings. The third-order valence-electron chi connectivity index (χ3n) is 5.04. The van der Waals surface area contributed by atoms with E-state index in [0.29, 0.717) is 12.5 Å². The molecule has 1 amide bonds. The molecule has 3 heterocycles. The minimum Gasteiger partial charge on any atom is -0.444 e. The molecule has 2 aromatic heterocycles. The van der Waals surface area contributed by atoms with Gasteiger partial charge in [-0.25, -0.2) is 14.8 Å². The molecule has 6 nitrogen and oxygen atoms in total. The molecule has 0 radical (unpaired) electrons. The molecule has 4 rings (SSSR count). The summed E-state index contributed by atoms with van der Waals surface area (Å²) in [5, 5.41) is 5.54. The number of ether oxygens (including phenoxy) is 1. The van der Waals surface area contributed by atoms with Gasteiger partial charge in [0, 0.05) is 42.2 Å². The van der Waals surface area contributed by atoms with Crippen LogP contribution >= 0.6 is 22.9 Å². The third kappa shape index (κ3) is 4.79. The zero-order valence-corrected chi connectivity index (χ0v) is 17.8. The number of hydrogen-bond acceptors (Lipinski definition) is 6. The van der Waals surface area contributed by atoms with Crippen LogP contribution in [0.25, 0.3) is 10.9 Å². The second-order valence-corrected chi connectivity index (χ2v) is 8.62. The van der Waals surface area contributed by atoms with E-state index in [2.05, 4.69) is 27.3 Å². The third-order valence-corrected chi connectivity index (χ3v) is 6.41. The maximum atomic E-state index is 11.4. The van der Waals surface area contributed by atoms with Crippen LogP contribution in [0.2, 0.25) is 5.02 Å². The number of anilines is 1. The summed E-state index contributed by atoms with van der Waals surface area (Å²) in [4.78, 5) is 24.1. The van der Waals surface area contributed by atoms with Crippen LogP contribution in [0.5, 0.6) is 0 Å². The lowest BCUT2D eigenvalue weighted by Crippen LogP contribution is -2.33. The number of fused-ring (bicyclic) bond motifs is 1. The van der Waals surface area contributed by atoms with E-state index in [0.717, 1.165) is 57.6 Å². The predicted molar refractivity (Wildman–Crippen MR) is 117 cm³/mol. The number of thiazole rings is 1. The van der Waals surface area contributed by atoms with E-state index < -0.39 is 0 Å².